The lowest BCUT2D eigenvalue weighted by molar-refractivity contribution is -0.142. The van der Waals surface area contributed by atoms with Crippen molar-refractivity contribution in [1.29, 1.82) is 0 Å². The molecule has 0 radical (unpaired) electrons. The third-order valence-electron chi connectivity index (χ3n) is 6.29. The number of nitrogens with zero attached hydrogens (tertiary/aromatic N) is 5. The summed E-state index contributed by atoms with van der Waals surface area (Å²) in [6.45, 7) is 0.709. The van der Waals surface area contributed by atoms with Gasteiger partial charge in [-0.3, -0.25) is 0 Å². The minimum atomic E-state index is -4.54. The van der Waals surface area contributed by atoms with Crippen LogP contribution < -0.4 is 5.14 Å². The minimum absolute atomic E-state index is 0.0498. The fourth-order valence-electron chi connectivity index (χ4n) is 4.44. The number of benzene rings is 1. The lowest BCUT2D eigenvalue weighted by Gasteiger charge is -2.30. The highest BCUT2D eigenvalue weighted by atomic mass is 32.2. The first-order valence-electron chi connectivity index (χ1n) is 9.90. The molecule has 32 heavy (non-hydrogen) atoms. The maximum atomic E-state index is 13.2. The van der Waals surface area contributed by atoms with Crippen molar-refractivity contribution in [2.24, 2.45) is 10.6 Å². The molecule has 9 nitrogen and oxygen atoms in total. The molecule has 1 aromatic carbocycles. The molecule has 2 aliphatic rings. The van der Waals surface area contributed by atoms with Crippen molar-refractivity contribution >= 4 is 10.2 Å². The summed E-state index contributed by atoms with van der Waals surface area (Å²) in [5.41, 5.74) is -0.256. The predicted octanol–water partition coefficient (Wildman–Crippen LogP) is 2.71. The molecule has 3 aromatic rings. The van der Waals surface area contributed by atoms with Crippen LogP contribution in [0.1, 0.15) is 36.7 Å². The van der Waals surface area contributed by atoms with E-state index >= 15 is 0 Å². The fourth-order valence-corrected chi connectivity index (χ4v) is 5.13. The molecule has 3 heterocycles. The molecular formula is C19H19F3N6O3S. The van der Waals surface area contributed by atoms with Crippen LogP contribution in [-0.2, 0) is 16.4 Å². The molecule has 0 amide bonds. The van der Waals surface area contributed by atoms with Crippen molar-refractivity contribution in [2.75, 3.05) is 13.1 Å². The molecule has 2 N–H and O–H groups in total. The average Bonchev–Trinajstić information content (AvgIpc) is 3.15. The van der Waals surface area contributed by atoms with Crippen molar-refractivity contribution in [3.05, 3.63) is 48.0 Å². The smallest absolute Gasteiger partial charge is 0.334 e. The Balaban J connectivity index is 1.35. The van der Waals surface area contributed by atoms with E-state index in [-0.39, 0.29) is 22.9 Å². The highest BCUT2D eigenvalue weighted by Gasteiger charge is 2.58. The first-order valence-corrected chi connectivity index (χ1v) is 11.4. The van der Waals surface area contributed by atoms with Gasteiger partial charge in [0.25, 0.3) is 16.1 Å². The highest BCUT2D eigenvalue weighted by Crippen LogP contribution is 2.64. The van der Waals surface area contributed by atoms with Crippen molar-refractivity contribution in [1.82, 2.24) is 24.2 Å². The molecule has 2 aromatic heterocycles. The molecule has 1 atom stereocenters. The van der Waals surface area contributed by atoms with E-state index in [1.807, 2.05) is 0 Å². The fraction of sp³-hybridized carbons (Fsp3) is 0.421. The van der Waals surface area contributed by atoms with E-state index in [1.165, 1.54) is 16.4 Å². The lowest BCUT2D eigenvalue weighted by Crippen LogP contribution is -2.43. The first-order chi connectivity index (χ1) is 15.1. The number of halogens is 3. The molecule has 1 saturated carbocycles. The second-order valence-electron chi connectivity index (χ2n) is 8.20. The Morgan fingerprint density at radius 1 is 1.19 bits per heavy atom. The zero-order valence-corrected chi connectivity index (χ0v) is 17.5. The molecule has 0 unspecified atom stereocenters. The van der Waals surface area contributed by atoms with Crippen LogP contribution in [0.5, 0.6) is 0 Å². The summed E-state index contributed by atoms with van der Waals surface area (Å²) in [6, 6.07) is 7.19. The van der Waals surface area contributed by atoms with E-state index in [0.717, 1.165) is 23.4 Å². The summed E-state index contributed by atoms with van der Waals surface area (Å²) in [7, 11) is -3.69. The van der Waals surface area contributed by atoms with Crippen LogP contribution in [0.15, 0.2) is 41.1 Å². The van der Waals surface area contributed by atoms with Gasteiger partial charge < -0.3 is 4.52 Å². The predicted molar refractivity (Wildman–Crippen MR) is 106 cm³/mol. The second-order valence-corrected chi connectivity index (χ2v) is 9.74. The summed E-state index contributed by atoms with van der Waals surface area (Å²) in [4.78, 5) is 4.47. The van der Waals surface area contributed by atoms with Crippen LogP contribution in [-0.4, -0.2) is 45.7 Å². The number of hydrogen-bond acceptors (Lipinski definition) is 6. The summed E-state index contributed by atoms with van der Waals surface area (Å²) in [6.07, 6.45) is -1.30. The van der Waals surface area contributed by atoms with Gasteiger partial charge in [-0.05, 0) is 48.9 Å². The topological polar surface area (TPSA) is 120 Å². The van der Waals surface area contributed by atoms with Gasteiger partial charge in [-0.1, -0.05) is 11.2 Å². The molecule has 5 rings (SSSR count). The van der Waals surface area contributed by atoms with Gasteiger partial charge in [0.1, 0.15) is 5.69 Å². The maximum Gasteiger partial charge on any atom is 0.433 e. The molecule has 1 aliphatic heterocycles. The Hall–Kier alpha value is -2.77. The van der Waals surface area contributed by atoms with Crippen LogP contribution in [0, 0.1) is 5.41 Å². The third kappa shape index (κ3) is 3.69. The van der Waals surface area contributed by atoms with Crippen molar-refractivity contribution in [3.8, 4) is 17.1 Å². The number of rotatable bonds is 4. The van der Waals surface area contributed by atoms with Gasteiger partial charge in [-0.2, -0.15) is 36.0 Å². The van der Waals surface area contributed by atoms with E-state index in [4.69, 9.17) is 9.66 Å². The summed E-state index contributed by atoms with van der Waals surface area (Å²) in [5, 5.41) is 13.1. The lowest BCUT2D eigenvalue weighted by atomic mass is 9.92. The monoisotopic (exact) mass is 468 g/mol. The normalized spacial score (nSPS) is 21.2. The summed E-state index contributed by atoms with van der Waals surface area (Å²) >= 11 is 0. The number of aromatic nitrogens is 4. The molecule has 13 heteroatoms. The molecule has 170 valence electrons. The van der Waals surface area contributed by atoms with Gasteiger partial charge in [-0.15, -0.1) is 0 Å². The van der Waals surface area contributed by atoms with Crippen LogP contribution in [0.25, 0.3) is 17.1 Å². The Bertz CT molecular complexity index is 1260. The molecule has 1 aliphatic carbocycles. The van der Waals surface area contributed by atoms with Gasteiger partial charge in [-0.25, -0.2) is 9.82 Å². The standard InChI is InChI=1S/C19H19F3N6O3S/c20-19(21,22)15-4-7-24-28(15)13-3-1-2-12(10-13)17-25-16(26-31-17)14-11-18(14)5-8-27(9-6-18)32(23,29)30/h1-4,7,10,14H,5-6,8-9,11H2,(H2,23,29,30)/t14-/m0/s1. The molecular weight excluding hydrogens is 449 g/mol. The van der Waals surface area contributed by atoms with Crippen LogP contribution in [0.4, 0.5) is 13.2 Å². The number of hydrogen-bond donors (Lipinski definition) is 1. The Morgan fingerprint density at radius 2 is 1.94 bits per heavy atom. The van der Waals surface area contributed by atoms with E-state index in [9.17, 15) is 21.6 Å². The van der Waals surface area contributed by atoms with Gasteiger partial charge >= 0.3 is 6.18 Å². The molecule has 1 spiro atoms. The van der Waals surface area contributed by atoms with E-state index in [1.54, 1.807) is 12.1 Å². The average molecular weight is 468 g/mol. The zero-order valence-electron chi connectivity index (χ0n) is 16.7. The van der Waals surface area contributed by atoms with Gasteiger partial charge in [0, 0.05) is 24.6 Å². The number of nitrogens with two attached hydrogens (primary N) is 1. The van der Waals surface area contributed by atoms with E-state index in [2.05, 4.69) is 15.2 Å². The van der Waals surface area contributed by atoms with E-state index in [0.29, 0.717) is 37.3 Å². The number of alkyl halides is 3. The first kappa shape index (κ1) is 21.1. The molecule has 2 fully saturated rings. The maximum absolute atomic E-state index is 13.2. The van der Waals surface area contributed by atoms with Crippen LogP contribution in [0.2, 0.25) is 0 Å². The second kappa shape index (κ2) is 7.12. The largest absolute Gasteiger partial charge is 0.433 e. The zero-order chi connectivity index (χ0) is 22.7. The molecule has 1 saturated heterocycles. The van der Waals surface area contributed by atoms with Gasteiger partial charge in [0.05, 0.1) is 11.9 Å². The van der Waals surface area contributed by atoms with Crippen molar-refractivity contribution < 1.29 is 26.1 Å². The quantitative estimate of drug-likeness (QED) is 0.629. The SMILES string of the molecule is NS(=O)(=O)N1CCC2(CC1)C[C@H]2c1noc(-c2cccc(-n3nccc3C(F)(F)F)c2)n1. The van der Waals surface area contributed by atoms with Gasteiger partial charge in [0.15, 0.2) is 5.82 Å². The summed E-state index contributed by atoms with van der Waals surface area (Å²) in [5.74, 6) is 0.768. The number of piperidine rings is 1. The molecule has 0 bridgehead atoms. The van der Waals surface area contributed by atoms with Crippen molar-refractivity contribution in [2.45, 2.75) is 31.4 Å². The van der Waals surface area contributed by atoms with Crippen LogP contribution in [0.3, 0.4) is 0 Å². The third-order valence-corrected chi connectivity index (χ3v) is 7.38. The Morgan fingerprint density at radius 3 is 2.62 bits per heavy atom. The van der Waals surface area contributed by atoms with Gasteiger partial charge in [0.2, 0.25) is 0 Å². The summed E-state index contributed by atoms with van der Waals surface area (Å²) < 4.78 is 70.1. The highest BCUT2D eigenvalue weighted by molar-refractivity contribution is 7.86. The van der Waals surface area contributed by atoms with E-state index < -0.39 is 22.1 Å². The Labute approximate surface area is 181 Å². The Kier molecular flexibility index (Phi) is 4.69. The van der Waals surface area contributed by atoms with Crippen LogP contribution >= 0.6 is 0 Å². The van der Waals surface area contributed by atoms with Crippen molar-refractivity contribution in [3.63, 3.8) is 0 Å². The minimum Gasteiger partial charge on any atom is -0.334 e.